The van der Waals surface area contributed by atoms with E-state index in [1.807, 2.05) is 10.8 Å². The van der Waals surface area contributed by atoms with E-state index in [1.165, 1.54) is 42.5 Å². The molecule has 194 valence electrons. The fourth-order valence-electron chi connectivity index (χ4n) is 4.27. The number of benzene rings is 3. The van der Waals surface area contributed by atoms with Crippen LogP contribution in [-0.4, -0.2) is 18.0 Å². The number of aryl methyl sites for hydroxylation is 2. The Hall–Kier alpha value is -3.30. The lowest BCUT2D eigenvalue weighted by molar-refractivity contribution is 0.568. The normalized spacial score (nSPS) is 12.5. The van der Waals surface area contributed by atoms with Crippen molar-refractivity contribution in [2.45, 2.75) is 43.7 Å². The predicted molar refractivity (Wildman–Crippen MR) is 137 cm³/mol. The predicted octanol–water partition coefficient (Wildman–Crippen LogP) is 6.93. The molecule has 1 aromatic heterocycles. The molecule has 0 saturated heterocycles. The second kappa shape index (κ2) is 11.4. The summed E-state index contributed by atoms with van der Waals surface area (Å²) in [7, 11) is -4.38. The quantitative estimate of drug-likeness (QED) is 0.202. The Morgan fingerprint density at radius 1 is 0.973 bits per heavy atom. The molecule has 5 nitrogen and oxygen atoms in total. The molecule has 3 aromatic carbocycles. The summed E-state index contributed by atoms with van der Waals surface area (Å²) in [5.41, 5.74) is 0.634. The Morgan fingerprint density at radius 2 is 1.68 bits per heavy atom. The summed E-state index contributed by atoms with van der Waals surface area (Å²) < 4.78 is 73.8. The van der Waals surface area contributed by atoms with Crippen molar-refractivity contribution in [3.8, 4) is 0 Å². The number of nitrogens with zero attached hydrogens (tertiary/aromatic N) is 3. The third-order valence-corrected chi connectivity index (χ3v) is 8.25. The zero-order valence-electron chi connectivity index (χ0n) is 20.0. The van der Waals surface area contributed by atoms with Gasteiger partial charge in [-0.3, -0.25) is 4.31 Å². The van der Waals surface area contributed by atoms with E-state index in [4.69, 9.17) is 11.6 Å². The van der Waals surface area contributed by atoms with E-state index in [1.54, 1.807) is 19.4 Å². The first-order valence-electron chi connectivity index (χ1n) is 11.7. The summed E-state index contributed by atoms with van der Waals surface area (Å²) in [6, 6.07) is 11.2. The van der Waals surface area contributed by atoms with Gasteiger partial charge in [-0.1, -0.05) is 17.7 Å². The molecule has 0 saturated carbocycles. The van der Waals surface area contributed by atoms with Crippen molar-refractivity contribution in [3.63, 3.8) is 0 Å². The summed E-state index contributed by atoms with van der Waals surface area (Å²) in [6.45, 7) is 2.30. The van der Waals surface area contributed by atoms with Gasteiger partial charge in [0.25, 0.3) is 10.0 Å². The molecule has 0 fully saturated rings. The monoisotopic (exact) mass is 547 g/mol. The van der Waals surface area contributed by atoms with Crippen molar-refractivity contribution in [1.29, 1.82) is 0 Å². The van der Waals surface area contributed by atoms with Crippen LogP contribution in [0, 0.1) is 17.5 Å². The molecule has 0 spiro atoms. The molecule has 0 aliphatic carbocycles. The lowest BCUT2D eigenvalue weighted by Gasteiger charge is -2.32. The summed E-state index contributed by atoms with van der Waals surface area (Å²) in [5, 5.41) is 0.326. The molecule has 4 rings (SSSR count). The van der Waals surface area contributed by atoms with E-state index in [0.29, 0.717) is 29.0 Å². The third-order valence-electron chi connectivity index (χ3n) is 6.09. The minimum absolute atomic E-state index is 0.142. The highest BCUT2D eigenvalue weighted by molar-refractivity contribution is 7.92. The van der Waals surface area contributed by atoms with E-state index >= 15 is 0 Å². The summed E-state index contributed by atoms with van der Waals surface area (Å²) >= 11 is 5.93. The van der Waals surface area contributed by atoms with Crippen LogP contribution in [0.4, 0.5) is 18.9 Å². The first kappa shape index (κ1) is 26.8. The van der Waals surface area contributed by atoms with Gasteiger partial charge in [-0.05, 0) is 85.8 Å². The molecule has 0 unspecified atom stereocenters. The minimum atomic E-state index is -4.38. The van der Waals surface area contributed by atoms with Crippen LogP contribution in [-0.2, 0) is 23.0 Å². The summed E-state index contributed by atoms with van der Waals surface area (Å²) in [6.07, 6.45) is 7.19. The fraction of sp³-hybridized carbons (Fsp3) is 0.222. The van der Waals surface area contributed by atoms with Crippen molar-refractivity contribution in [1.82, 2.24) is 9.55 Å². The molecule has 0 amide bonds. The van der Waals surface area contributed by atoms with Gasteiger partial charge < -0.3 is 4.57 Å². The molecule has 1 atom stereocenters. The smallest absolute Gasteiger partial charge is 0.264 e. The topological polar surface area (TPSA) is 55.2 Å². The molecule has 10 heteroatoms. The van der Waals surface area contributed by atoms with Crippen LogP contribution < -0.4 is 4.31 Å². The number of halogens is 4. The molecule has 0 aliphatic heterocycles. The Balaban J connectivity index is 1.73. The van der Waals surface area contributed by atoms with Gasteiger partial charge in [0.1, 0.15) is 17.5 Å². The maximum atomic E-state index is 15.0. The van der Waals surface area contributed by atoms with Gasteiger partial charge in [0, 0.05) is 30.0 Å². The highest BCUT2D eigenvalue weighted by atomic mass is 35.5. The molecule has 37 heavy (non-hydrogen) atoms. The van der Waals surface area contributed by atoms with E-state index < -0.39 is 39.2 Å². The molecular weight excluding hydrogens is 523 g/mol. The van der Waals surface area contributed by atoms with Crippen LogP contribution in [0.3, 0.4) is 0 Å². The van der Waals surface area contributed by atoms with Crippen LogP contribution in [0.15, 0.2) is 84.3 Å². The Kier molecular flexibility index (Phi) is 8.24. The fourth-order valence-corrected chi connectivity index (χ4v) is 6.04. The zero-order valence-corrected chi connectivity index (χ0v) is 21.6. The van der Waals surface area contributed by atoms with Gasteiger partial charge >= 0.3 is 0 Å². The number of rotatable bonds is 10. The van der Waals surface area contributed by atoms with E-state index in [2.05, 4.69) is 4.98 Å². The maximum absolute atomic E-state index is 15.0. The molecule has 1 heterocycles. The number of hydrogen-bond acceptors (Lipinski definition) is 3. The molecule has 0 bridgehead atoms. The Labute approximate surface area is 219 Å². The van der Waals surface area contributed by atoms with E-state index in [0.717, 1.165) is 35.5 Å². The maximum Gasteiger partial charge on any atom is 0.264 e. The van der Waals surface area contributed by atoms with Crippen LogP contribution in [0.5, 0.6) is 0 Å². The highest BCUT2D eigenvalue weighted by Crippen LogP contribution is 2.37. The number of imidazole rings is 1. The van der Waals surface area contributed by atoms with Gasteiger partial charge in [0.05, 0.1) is 23.0 Å². The highest BCUT2D eigenvalue weighted by Gasteiger charge is 2.33. The van der Waals surface area contributed by atoms with Gasteiger partial charge in [0.2, 0.25) is 0 Å². The molecule has 0 aliphatic rings. The third kappa shape index (κ3) is 6.17. The Bertz CT molecular complexity index is 1460. The number of unbranched alkanes of at least 4 members (excludes halogenated alkanes) is 1. The van der Waals surface area contributed by atoms with Gasteiger partial charge in [0.15, 0.2) is 0 Å². The van der Waals surface area contributed by atoms with Gasteiger partial charge in [-0.2, -0.15) is 0 Å². The van der Waals surface area contributed by atoms with Crippen molar-refractivity contribution >= 4 is 27.3 Å². The second-order valence-corrected chi connectivity index (χ2v) is 10.9. The lowest BCUT2D eigenvalue weighted by Crippen LogP contribution is -2.35. The number of anilines is 1. The largest absolute Gasteiger partial charge is 0.337 e. The lowest BCUT2D eigenvalue weighted by atomic mass is 9.96. The SMILES string of the molecule is C[C@H](c1ccc(F)cc1CCCCn1ccnc1)N(c1cc(F)ccc1F)S(=O)(=O)c1ccc(Cl)cc1. The van der Waals surface area contributed by atoms with Crippen molar-refractivity contribution < 1.29 is 21.6 Å². The molecule has 4 aromatic rings. The first-order valence-corrected chi connectivity index (χ1v) is 13.5. The second-order valence-electron chi connectivity index (χ2n) is 8.63. The number of hydrogen-bond donors (Lipinski definition) is 0. The van der Waals surface area contributed by atoms with Crippen molar-refractivity contribution in [3.05, 3.63) is 113 Å². The molecule has 0 radical (unpaired) electrons. The zero-order chi connectivity index (χ0) is 26.6. The van der Waals surface area contributed by atoms with Crippen molar-refractivity contribution in [2.24, 2.45) is 0 Å². The average Bonchev–Trinajstić information content (AvgIpc) is 3.38. The van der Waals surface area contributed by atoms with Crippen LogP contribution >= 0.6 is 11.6 Å². The van der Waals surface area contributed by atoms with Gasteiger partial charge in [-0.25, -0.2) is 26.6 Å². The summed E-state index contributed by atoms with van der Waals surface area (Å²) in [4.78, 5) is 3.87. The standard InChI is InChI=1S/C27H25ClF3N3O2S/c1-19(25-11-7-22(29)16-20(25)4-2-3-14-33-15-13-32-18-33)34(27-17-23(30)8-12-26(27)31)37(35,36)24-9-5-21(28)6-10-24/h5-13,15-19H,2-4,14H2,1H3/t19-/m1/s1. The molecular formula is C27H25ClF3N3O2S. The van der Waals surface area contributed by atoms with Crippen LogP contribution in [0.2, 0.25) is 5.02 Å². The van der Waals surface area contributed by atoms with E-state index in [-0.39, 0.29) is 4.90 Å². The van der Waals surface area contributed by atoms with E-state index in [9.17, 15) is 21.6 Å². The summed E-state index contributed by atoms with van der Waals surface area (Å²) in [5.74, 6) is -2.17. The van der Waals surface area contributed by atoms with Crippen LogP contribution in [0.25, 0.3) is 0 Å². The average molecular weight is 548 g/mol. The first-order chi connectivity index (χ1) is 17.7. The Morgan fingerprint density at radius 3 is 2.38 bits per heavy atom. The van der Waals surface area contributed by atoms with Crippen LogP contribution in [0.1, 0.15) is 36.9 Å². The molecule has 0 N–H and O–H groups in total. The van der Waals surface area contributed by atoms with Gasteiger partial charge in [-0.15, -0.1) is 0 Å². The number of aromatic nitrogens is 2. The minimum Gasteiger partial charge on any atom is -0.337 e. The van der Waals surface area contributed by atoms with Crippen molar-refractivity contribution in [2.75, 3.05) is 4.31 Å². The number of sulfonamides is 1.